The van der Waals surface area contributed by atoms with Gasteiger partial charge in [0.05, 0.1) is 30.0 Å². The van der Waals surface area contributed by atoms with Crippen LogP contribution >= 0.6 is 11.3 Å². The number of benzene rings is 2. The third-order valence-electron chi connectivity index (χ3n) is 6.82. The highest BCUT2D eigenvalue weighted by Gasteiger charge is 2.19. The van der Waals surface area contributed by atoms with E-state index in [0.29, 0.717) is 17.9 Å². The third-order valence-corrected chi connectivity index (χ3v) is 7.95. The summed E-state index contributed by atoms with van der Waals surface area (Å²) in [5.41, 5.74) is 8.02. The maximum atomic E-state index is 13.9. The van der Waals surface area contributed by atoms with Gasteiger partial charge < -0.3 is 11.1 Å². The molecular formula is C29H20F2N8OS. The second kappa shape index (κ2) is 10.4. The fraction of sp³-hybridized carbons (Fsp3) is 0.103. The lowest BCUT2D eigenvalue weighted by Gasteiger charge is -2.17. The van der Waals surface area contributed by atoms with E-state index in [1.165, 1.54) is 29.5 Å². The third kappa shape index (κ3) is 4.72. The van der Waals surface area contributed by atoms with Crippen LogP contribution in [0.5, 0.6) is 0 Å². The average molecular weight is 567 g/mol. The number of hydrogen-bond acceptors (Lipinski definition) is 9. The number of nitrogen functional groups attached to an aromatic ring is 1. The molecule has 6 rings (SSSR count). The van der Waals surface area contributed by atoms with Crippen LogP contribution in [0, 0.1) is 23.0 Å². The van der Waals surface area contributed by atoms with Gasteiger partial charge in [-0.1, -0.05) is 12.1 Å². The van der Waals surface area contributed by atoms with Crippen molar-refractivity contribution in [1.29, 1.82) is 5.26 Å². The lowest BCUT2D eigenvalue weighted by Crippen LogP contribution is -2.26. The van der Waals surface area contributed by atoms with Gasteiger partial charge in [0, 0.05) is 21.3 Å². The first-order chi connectivity index (χ1) is 19.8. The number of pyridine rings is 1. The van der Waals surface area contributed by atoms with Gasteiger partial charge >= 0.3 is 0 Å². The molecule has 1 atom stereocenters. The molecule has 0 saturated carbocycles. The fourth-order valence-corrected chi connectivity index (χ4v) is 5.54. The quantitative estimate of drug-likeness (QED) is 0.273. The van der Waals surface area contributed by atoms with Crippen molar-refractivity contribution in [3.63, 3.8) is 0 Å². The van der Waals surface area contributed by atoms with Crippen LogP contribution in [0.4, 0.5) is 20.4 Å². The van der Waals surface area contributed by atoms with Crippen molar-refractivity contribution in [2.75, 3.05) is 11.1 Å². The molecule has 0 saturated heterocycles. The average Bonchev–Trinajstić information content (AvgIpc) is 3.46. The second-order valence-corrected chi connectivity index (χ2v) is 10.4. The van der Waals surface area contributed by atoms with Gasteiger partial charge in [-0.25, -0.2) is 28.7 Å². The summed E-state index contributed by atoms with van der Waals surface area (Å²) in [7, 11) is 0. The lowest BCUT2D eigenvalue weighted by atomic mass is 10.1. The monoisotopic (exact) mass is 566 g/mol. The zero-order valence-electron chi connectivity index (χ0n) is 21.5. The molecule has 0 fully saturated rings. The van der Waals surface area contributed by atoms with Crippen molar-refractivity contribution in [1.82, 2.24) is 24.5 Å². The van der Waals surface area contributed by atoms with Crippen LogP contribution in [0.3, 0.4) is 0 Å². The number of aromatic nitrogens is 5. The van der Waals surface area contributed by atoms with Crippen LogP contribution in [-0.4, -0.2) is 24.5 Å². The van der Waals surface area contributed by atoms with Crippen molar-refractivity contribution in [3.05, 3.63) is 105 Å². The Morgan fingerprint density at radius 1 is 1.07 bits per heavy atom. The number of nitrogens with two attached hydrogens (primary N) is 1. The van der Waals surface area contributed by atoms with E-state index in [2.05, 4.69) is 25.3 Å². The molecule has 1 unspecified atom stereocenters. The summed E-state index contributed by atoms with van der Waals surface area (Å²) >= 11 is 1.56. The number of hydrogen-bond donors (Lipinski definition) is 2. The highest BCUT2D eigenvalue weighted by atomic mass is 32.1. The van der Waals surface area contributed by atoms with Gasteiger partial charge in [-0.05, 0) is 54.4 Å². The fourth-order valence-electron chi connectivity index (χ4n) is 4.59. The molecule has 6 aromatic rings. The number of nitrogens with zero attached hydrogens (tertiary/aromatic N) is 6. The Balaban J connectivity index is 1.32. The second-order valence-electron chi connectivity index (χ2n) is 9.27. The van der Waals surface area contributed by atoms with Crippen LogP contribution in [0.15, 0.2) is 72.2 Å². The number of anilines is 2. The minimum Gasteiger partial charge on any atom is -0.383 e. The van der Waals surface area contributed by atoms with Gasteiger partial charge in [-0.15, -0.1) is 11.3 Å². The summed E-state index contributed by atoms with van der Waals surface area (Å²) in [6, 6.07) is 14.6. The molecule has 4 heterocycles. The Hall–Kier alpha value is -5.28. The summed E-state index contributed by atoms with van der Waals surface area (Å²) in [4.78, 5) is 32.7. The zero-order chi connectivity index (χ0) is 28.7. The molecule has 2 aromatic carbocycles. The maximum absolute atomic E-state index is 13.9. The normalized spacial score (nSPS) is 12.0. The first-order valence-corrected chi connectivity index (χ1v) is 13.2. The Bertz CT molecular complexity index is 2070. The summed E-state index contributed by atoms with van der Waals surface area (Å²) in [6.45, 7) is 2.03. The maximum Gasteiger partial charge on any atom is 0.265 e. The van der Waals surface area contributed by atoms with E-state index in [1.54, 1.807) is 18.3 Å². The molecule has 3 N–H and O–H groups in total. The van der Waals surface area contributed by atoms with E-state index in [4.69, 9.17) is 5.73 Å². The number of halogens is 2. The van der Waals surface area contributed by atoms with Gasteiger partial charge in [0.1, 0.15) is 34.9 Å². The van der Waals surface area contributed by atoms with Gasteiger partial charge in [0.2, 0.25) is 0 Å². The Morgan fingerprint density at radius 3 is 2.73 bits per heavy atom. The zero-order valence-corrected chi connectivity index (χ0v) is 22.3. The van der Waals surface area contributed by atoms with E-state index < -0.39 is 23.2 Å². The van der Waals surface area contributed by atoms with Crippen molar-refractivity contribution >= 4 is 44.8 Å². The summed E-state index contributed by atoms with van der Waals surface area (Å²) in [5, 5.41) is 13.7. The Labute approximate surface area is 235 Å². The summed E-state index contributed by atoms with van der Waals surface area (Å²) in [5.74, 6) is -1.32. The van der Waals surface area contributed by atoms with Gasteiger partial charge in [-0.3, -0.25) is 9.36 Å². The Morgan fingerprint density at radius 2 is 1.93 bits per heavy atom. The SMILES string of the molecule is CC(c1ccc(F)c(F)c1)n1cnc2c(C#N)cnc(NCc3ccc(-c4ccc5ncnc(N)c5c4)s3)c2c1=O. The van der Waals surface area contributed by atoms with Crippen LogP contribution in [-0.2, 0) is 6.54 Å². The molecule has 0 radical (unpaired) electrons. The van der Waals surface area contributed by atoms with E-state index in [-0.39, 0.29) is 22.3 Å². The number of thiophene rings is 1. The molecule has 0 spiro atoms. The number of rotatable bonds is 6. The van der Waals surface area contributed by atoms with Crippen LogP contribution in [0.25, 0.3) is 32.2 Å². The first-order valence-electron chi connectivity index (χ1n) is 12.4. The van der Waals surface area contributed by atoms with Gasteiger partial charge in [0.25, 0.3) is 5.56 Å². The molecule has 0 amide bonds. The largest absolute Gasteiger partial charge is 0.383 e. The van der Waals surface area contributed by atoms with Gasteiger partial charge in [0.15, 0.2) is 11.6 Å². The molecule has 4 aromatic heterocycles. The molecule has 0 bridgehead atoms. The predicted molar refractivity (Wildman–Crippen MR) is 153 cm³/mol. The summed E-state index contributed by atoms with van der Waals surface area (Å²) in [6.07, 6.45) is 4.09. The first kappa shape index (κ1) is 26.0. The van der Waals surface area contributed by atoms with E-state index in [9.17, 15) is 18.8 Å². The van der Waals surface area contributed by atoms with Crippen LogP contribution in [0.1, 0.15) is 29.0 Å². The van der Waals surface area contributed by atoms with Crippen LogP contribution in [0.2, 0.25) is 0 Å². The molecule has 9 nitrogen and oxygen atoms in total. The standard InChI is InChI=1S/C29H20F2N8OS/c1-15(16-2-5-21(30)22(31)9-16)39-14-38-26-18(10-32)11-34-28(25(26)29(39)40)35-12-19-4-7-24(41-19)17-3-6-23-20(8-17)27(33)37-13-36-23/h2-9,11,13-15H,12H2,1H3,(H,34,35)(H2,33,36,37). The smallest absolute Gasteiger partial charge is 0.265 e. The molecule has 0 aliphatic heterocycles. The predicted octanol–water partition coefficient (Wildman–Crippen LogP) is 5.42. The molecule has 41 heavy (non-hydrogen) atoms. The molecular weight excluding hydrogens is 546 g/mol. The minimum atomic E-state index is -1.01. The molecule has 12 heteroatoms. The highest BCUT2D eigenvalue weighted by molar-refractivity contribution is 7.15. The topological polar surface area (TPSA) is 135 Å². The van der Waals surface area contributed by atoms with E-state index >= 15 is 0 Å². The van der Waals surface area contributed by atoms with E-state index in [0.717, 1.165) is 38.4 Å². The molecule has 0 aliphatic carbocycles. The van der Waals surface area contributed by atoms with Crippen molar-refractivity contribution in [3.8, 4) is 16.5 Å². The number of fused-ring (bicyclic) bond motifs is 2. The number of nitrogens with one attached hydrogen (secondary N) is 1. The van der Waals surface area contributed by atoms with Crippen molar-refractivity contribution in [2.24, 2.45) is 0 Å². The highest BCUT2D eigenvalue weighted by Crippen LogP contribution is 2.32. The number of nitriles is 1. The Kier molecular flexibility index (Phi) is 6.56. The van der Waals surface area contributed by atoms with E-state index in [1.807, 2.05) is 36.4 Å². The summed E-state index contributed by atoms with van der Waals surface area (Å²) < 4.78 is 28.7. The molecule has 202 valence electrons. The molecule has 0 aliphatic rings. The van der Waals surface area contributed by atoms with Crippen molar-refractivity contribution < 1.29 is 8.78 Å². The lowest BCUT2D eigenvalue weighted by molar-refractivity contribution is 0.502. The van der Waals surface area contributed by atoms with Gasteiger partial charge in [-0.2, -0.15) is 5.26 Å². The van der Waals surface area contributed by atoms with Crippen LogP contribution < -0.4 is 16.6 Å². The minimum absolute atomic E-state index is 0.128. The van der Waals surface area contributed by atoms with Crippen molar-refractivity contribution in [2.45, 2.75) is 19.5 Å².